The minimum atomic E-state index is -4.41. The average Bonchev–Trinajstić information content (AvgIpc) is 2.77. The van der Waals surface area contributed by atoms with Crippen LogP contribution < -0.4 is 23.3 Å². The molecule has 180 valence electrons. The van der Waals surface area contributed by atoms with Gasteiger partial charge in [-0.05, 0) is 54.8 Å². The number of phosphoric acid groups is 1. The van der Waals surface area contributed by atoms with Crippen LogP contribution in [0.15, 0.2) is 54.6 Å². The lowest BCUT2D eigenvalue weighted by Gasteiger charge is -2.15. The fourth-order valence-electron chi connectivity index (χ4n) is 3.49. The number of aryl methyl sites for hydroxylation is 2. The van der Waals surface area contributed by atoms with Crippen LogP contribution in [0.25, 0.3) is 0 Å². The van der Waals surface area contributed by atoms with E-state index < -0.39 is 7.82 Å². The largest absolute Gasteiger partial charge is 0.584 e. The van der Waals surface area contributed by atoms with Gasteiger partial charge < -0.3 is 23.3 Å². The second-order valence-corrected chi connectivity index (χ2v) is 8.93. The molecule has 0 radical (unpaired) electrons. The Bertz CT molecular complexity index is 1170. The number of hydrogen-bond acceptors (Lipinski definition) is 7. The van der Waals surface area contributed by atoms with Crippen molar-refractivity contribution < 1.29 is 37.5 Å². The minimum absolute atomic E-state index is 0.0508. The lowest BCUT2D eigenvalue weighted by Crippen LogP contribution is -2.08. The smallest absolute Gasteiger partial charge is 0.496 e. The first-order valence-corrected chi connectivity index (χ1v) is 11.9. The molecule has 3 rings (SSSR count). The Hall–Kier alpha value is -3.48. The van der Waals surface area contributed by atoms with Crippen LogP contribution in [0.2, 0.25) is 0 Å². The number of hydrogen-bond donors (Lipinski definition) is 1. The number of Topliss-reactive ketones (excluding diaryl/α,β-unsaturated/α-hetero) is 1. The molecule has 3 aromatic carbocycles. The first-order valence-electron chi connectivity index (χ1n) is 10.4. The molecule has 0 aromatic heterocycles. The van der Waals surface area contributed by atoms with Crippen molar-refractivity contribution in [2.24, 2.45) is 0 Å². The zero-order valence-electron chi connectivity index (χ0n) is 19.7. The molecule has 1 N–H and O–H groups in total. The van der Waals surface area contributed by atoms with Gasteiger partial charge in [-0.15, -0.1) is 0 Å². The molecule has 0 aliphatic heterocycles. The van der Waals surface area contributed by atoms with Gasteiger partial charge in [0.25, 0.3) is 0 Å². The fraction of sp³-hybridized carbons (Fsp3) is 0.240. The second kappa shape index (κ2) is 10.6. The summed E-state index contributed by atoms with van der Waals surface area (Å²) in [7, 11) is 0.0294. The van der Waals surface area contributed by atoms with Crippen molar-refractivity contribution >= 4 is 13.6 Å². The number of carbonyl (C=O) groups is 1. The van der Waals surface area contributed by atoms with Gasteiger partial charge in [-0.1, -0.05) is 18.2 Å². The van der Waals surface area contributed by atoms with Gasteiger partial charge in [0.1, 0.15) is 34.3 Å². The van der Waals surface area contributed by atoms with Crippen molar-refractivity contribution in [2.75, 3.05) is 21.3 Å². The third-order valence-corrected chi connectivity index (χ3v) is 5.80. The number of rotatable bonds is 10. The van der Waals surface area contributed by atoms with Crippen LogP contribution in [0, 0.1) is 13.8 Å². The molecule has 0 aliphatic rings. The highest BCUT2D eigenvalue weighted by molar-refractivity contribution is 7.48. The number of phosphoric ester groups is 1. The molecule has 1 atom stereocenters. The van der Waals surface area contributed by atoms with E-state index in [0.717, 1.165) is 11.1 Å². The SMILES string of the molecule is COc1cc(OC)c(C(=O)Cc2ccc(OP(=O)(O)Oc3cc(C)cc(C)c3)cc2)c(OC)c1. The van der Waals surface area contributed by atoms with Crippen LogP contribution in [0.1, 0.15) is 27.0 Å². The molecule has 1 unspecified atom stereocenters. The normalized spacial score (nSPS) is 12.4. The van der Waals surface area contributed by atoms with Gasteiger partial charge in [0.05, 0.1) is 21.3 Å². The summed E-state index contributed by atoms with van der Waals surface area (Å²) in [6.07, 6.45) is 0.0508. The molecular formula is C25H27O8P. The van der Waals surface area contributed by atoms with Crippen LogP contribution in [0.3, 0.4) is 0 Å². The molecule has 0 spiro atoms. The summed E-state index contributed by atoms with van der Waals surface area (Å²) >= 11 is 0. The summed E-state index contributed by atoms with van der Waals surface area (Å²) in [4.78, 5) is 23.2. The van der Waals surface area contributed by atoms with E-state index in [0.29, 0.717) is 28.4 Å². The Morgan fingerprint density at radius 1 is 0.765 bits per heavy atom. The van der Waals surface area contributed by atoms with E-state index in [1.54, 1.807) is 36.4 Å². The maximum atomic E-state index is 13.0. The average molecular weight is 486 g/mol. The highest BCUT2D eigenvalue weighted by atomic mass is 31.2. The molecule has 3 aromatic rings. The van der Waals surface area contributed by atoms with E-state index >= 15 is 0 Å². The molecule has 0 bridgehead atoms. The minimum Gasteiger partial charge on any atom is -0.496 e. The molecule has 9 heteroatoms. The molecule has 0 fully saturated rings. The van der Waals surface area contributed by atoms with Crippen LogP contribution in [-0.4, -0.2) is 32.0 Å². The maximum absolute atomic E-state index is 13.0. The lowest BCUT2D eigenvalue weighted by atomic mass is 10.0. The molecule has 0 amide bonds. The van der Waals surface area contributed by atoms with E-state index in [1.165, 1.54) is 33.5 Å². The van der Waals surface area contributed by atoms with E-state index in [-0.39, 0.29) is 23.7 Å². The molecule has 34 heavy (non-hydrogen) atoms. The number of carbonyl (C=O) groups excluding carboxylic acids is 1. The monoisotopic (exact) mass is 486 g/mol. The lowest BCUT2D eigenvalue weighted by molar-refractivity contribution is 0.0986. The topological polar surface area (TPSA) is 101 Å². The fourth-order valence-corrected chi connectivity index (χ4v) is 4.29. The van der Waals surface area contributed by atoms with Crippen LogP contribution in [0.5, 0.6) is 28.7 Å². The van der Waals surface area contributed by atoms with E-state index in [4.69, 9.17) is 23.3 Å². The molecule has 8 nitrogen and oxygen atoms in total. The third-order valence-electron chi connectivity index (χ3n) is 4.92. The zero-order chi connectivity index (χ0) is 24.9. The van der Waals surface area contributed by atoms with Crippen LogP contribution >= 0.6 is 7.82 Å². The van der Waals surface area contributed by atoms with Gasteiger partial charge in [-0.2, -0.15) is 0 Å². The van der Waals surface area contributed by atoms with Gasteiger partial charge in [-0.3, -0.25) is 9.69 Å². The van der Waals surface area contributed by atoms with Crippen molar-refractivity contribution in [1.29, 1.82) is 0 Å². The summed E-state index contributed by atoms with van der Waals surface area (Å²) < 4.78 is 38.7. The zero-order valence-corrected chi connectivity index (χ0v) is 20.5. The number of ether oxygens (including phenoxy) is 3. The molecular weight excluding hydrogens is 459 g/mol. The number of benzene rings is 3. The van der Waals surface area contributed by atoms with Gasteiger partial charge >= 0.3 is 7.82 Å². The van der Waals surface area contributed by atoms with Gasteiger partial charge in [-0.25, -0.2) is 4.57 Å². The molecule has 0 heterocycles. The van der Waals surface area contributed by atoms with Crippen molar-refractivity contribution in [3.63, 3.8) is 0 Å². The highest BCUT2D eigenvalue weighted by Crippen LogP contribution is 2.44. The summed E-state index contributed by atoms with van der Waals surface area (Å²) in [5.74, 6) is 1.33. The van der Waals surface area contributed by atoms with E-state index in [2.05, 4.69) is 0 Å². The Kier molecular flexibility index (Phi) is 7.87. The molecule has 0 saturated carbocycles. The Morgan fingerprint density at radius 2 is 1.29 bits per heavy atom. The molecule has 0 saturated heterocycles. The summed E-state index contributed by atoms with van der Waals surface area (Å²) in [5, 5.41) is 0. The Balaban J connectivity index is 1.72. The summed E-state index contributed by atoms with van der Waals surface area (Å²) in [6.45, 7) is 3.72. The summed E-state index contributed by atoms with van der Waals surface area (Å²) in [5.41, 5.74) is 2.76. The number of ketones is 1. The van der Waals surface area contributed by atoms with Gasteiger partial charge in [0, 0.05) is 18.6 Å². The predicted molar refractivity (Wildman–Crippen MR) is 128 cm³/mol. The maximum Gasteiger partial charge on any atom is 0.584 e. The van der Waals surface area contributed by atoms with E-state index in [1.807, 2.05) is 19.9 Å². The predicted octanol–water partition coefficient (Wildman–Crippen LogP) is 5.31. The van der Waals surface area contributed by atoms with Gasteiger partial charge in [0.15, 0.2) is 5.78 Å². The van der Waals surface area contributed by atoms with Gasteiger partial charge in [0.2, 0.25) is 0 Å². The first-order chi connectivity index (χ1) is 16.1. The van der Waals surface area contributed by atoms with Crippen LogP contribution in [0.4, 0.5) is 0 Å². The highest BCUT2D eigenvalue weighted by Gasteiger charge is 2.26. The van der Waals surface area contributed by atoms with Crippen LogP contribution in [-0.2, 0) is 11.0 Å². The van der Waals surface area contributed by atoms with Crippen molar-refractivity contribution in [2.45, 2.75) is 20.3 Å². The quantitative estimate of drug-likeness (QED) is 0.304. The Labute approximate surface area is 198 Å². The van der Waals surface area contributed by atoms with Crippen molar-refractivity contribution in [3.05, 3.63) is 76.9 Å². The Morgan fingerprint density at radius 3 is 1.79 bits per heavy atom. The van der Waals surface area contributed by atoms with Crippen molar-refractivity contribution in [3.8, 4) is 28.7 Å². The van der Waals surface area contributed by atoms with Crippen molar-refractivity contribution in [1.82, 2.24) is 0 Å². The first kappa shape index (κ1) is 25.1. The van der Waals surface area contributed by atoms with E-state index in [9.17, 15) is 14.3 Å². The second-order valence-electron chi connectivity index (χ2n) is 7.63. The summed E-state index contributed by atoms with van der Waals surface area (Å²) in [6, 6.07) is 14.7. The third kappa shape index (κ3) is 6.31. The molecule has 0 aliphatic carbocycles. The number of methoxy groups -OCH3 is 3. The standard InChI is InChI=1S/C25H27O8P/c1-16-10-17(2)12-21(11-16)33-34(27,28)32-19-8-6-18(7-9-19)13-22(26)25-23(30-4)14-20(29-3)15-24(25)31-5/h6-12,14-15H,13H2,1-5H3,(H,27,28).